The number of aliphatic hydroxyl groups is 2. The molecule has 0 spiro atoms. The molecule has 1 unspecified atom stereocenters. The van der Waals surface area contributed by atoms with Gasteiger partial charge in [-0.3, -0.25) is 0 Å². The van der Waals surface area contributed by atoms with Crippen LogP contribution in [0.2, 0.25) is 0 Å². The minimum atomic E-state index is -4.88. The van der Waals surface area contributed by atoms with E-state index in [1.807, 2.05) is 4.90 Å². The van der Waals surface area contributed by atoms with Gasteiger partial charge in [-0.25, -0.2) is 8.42 Å². The highest BCUT2D eigenvalue weighted by Gasteiger charge is 2.51. The molecule has 184 valence electrons. The number of hydrogen-bond donors (Lipinski definition) is 2. The van der Waals surface area contributed by atoms with Crippen molar-refractivity contribution in [2.45, 2.75) is 61.1 Å². The first kappa shape index (κ1) is 26.1. The van der Waals surface area contributed by atoms with Crippen molar-refractivity contribution in [1.29, 1.82) is 0 Å². The van der Waals surface area contributed by atoms with Crippen LogP contribution < -0.4 is 4.90 Å². The van der Waals surface area contributed by atoms with Crippen LogP contribution in [-0.4, -0.2) is 49.3 Å². The van der Waals surface area contributed by atoms with Crippen LogP contribution in [0.5, 0.6) is 0 Å². The summed E-state index contributed by atoms with van der Waals surface area (Å²) in [4.78, 5) is 2.15. The lowest BCUT2D eigenvalue weighted by molar-refractivity contribution is -0.258. The molecule has 1 saturated heterocycles. The molecule has 2 aromatic carbocycles. The standard InChI is InChI=1S/C25H28F3NO4S/c1-3-20(30)11-9-18-17-19(24(2,31)25(26,27)28)10-12-23(18)29-15-13-22(14-16-29)34(32,33)21-7-5-4-6-8-21/h4-8,10,12,17,20,22,30-31H,3,13-16H2,1-2H3/t20-,24?/m0/s1. The highest BCUT2D eigenvalue weighted by atomic mass is 32.2. The maximum atomic E-state index is 13.4. The molecule has 3 rings (SSSR count). The van der Waals surface area contributed by atoms with Crippen LogP contribution in [0.1, 0.15) is 44.2 Å². The van der Waals surface area contributed by atoms with Crippen molar-refractivity contribution < 1.29 is 31.8 Å². The Bertz CT molecular complexity index is 1160. The fourth-order valence-corrected chi connectivity index (χ4v) is 5.60. The highest BCUT2D eigenvalue weighted by molar-refractivity contribution is 7.92. The van der Waals surface area contributed by atoms with E-state index >= 15 is 0 Å². The van der Waals surface area contributed by atoms with E-state index in [0.29, 0.717) is 45.0 Å². The minimum Gasteiger partial charge on any atom is -0.380 e. The van der Waals surface area contributed by atoms with Crippen molar-refractivity contribution in [3.8, 4) is 11.8 Å². The van der Waals surface area contributed by atoms with Crippen LogP contribution in [0.25, 0.3) is 0 Å². The molecule has 0 aliphatic carbocycles. The normalized spacial score (nSPS) is 18.0. The van der Waals surface area contributed by atoms with Crippen molar-refractivity contribution in [2.24, 2.45) is 0 Å². The first-order chi connectivity index (χ1) is 15.9. The summed E-state index contributed by atoms with van der Waals surface area (Å²) in [6, 6.07) is 12.1. The van der Waals surface area contributed by atoms with Crippen molar-refractivity contribution in [2.75, 3.05) is 18.0 Å². The van der Waals surface area contributed by atoms with Gasteiger partial charge < -0.3 is 15.1 Å². The average molecular weight is 496 g/mol. The van der Waals surface area contributed by atoms with Gasteiger partial charge >= 0.3 is 6.18 Å². The summed E-state index contributed by atoms with van der Waals surface area (Å²) in [5.74, 6) is 5.37. The number of aliphatic hydroxyl groups excluding tert-OH is 1. The zero-order valence-electron chi connectivity index (χ0n) is 19.0. The molecule has 0 bridgehead atoms. The van der Waals surface area contributed by atoms with Gasteiger partial charge in [-0.05, 0) is 56.0 Å². The zero-order chi connectivity index (χ0) is 25.1. The Labute approximate surface area is 198 Å². The van der Waals surface area contributed by atoms with Crippen LogP contribution >= 0.6 is 0 Å². The molecule has 0 radical (unpaired) electrons. The van der Waals surface area contributed by atoms with Crippen molar-refractivity contribution in [3.63, 3.8) is 0 Å². The molecule has 2 N–H and O–H groups in total. The Morgan fingerprint density at radius 3 is 2.29 bits per heavy atom. The average Bonchev–Trinajstić information content (AvgIpc) is 2.82. The second-order valence-corrected chi connectivity index (χ2v) is 10.8. The summed E-state index contributed by atoms with van der Waals surface area (Å²) in [7, 11) is -3.49. The summed E-state index contributed by atoms with van der Waals surface area (Å²) in [5, 5.41) is 19.4. The molecule has 1 aliphatic heterocycles. The molecule has 0 aromatic heterocycles. The quantitative estimate of drug-likeness (QED) is 0.613. The first-order valence-electron chi connectivity index (χ1n) is 11.0. The molecule has 1 aliphatic rings. The Hall–Kier alpha value is -2.54. The van der Waals surface area contributed by atoms with Gasteiger partial charge in [0.2, 0.25) is 0 Å². The number of alkyl halides is 3. The lowest BCUT2D eigenvalue weighted by atomic mass is 9.92. The predicted molar refractivity (Wildman–Crippen MR) is 124 cm³/mol. The Morgan fingerprint density at radius 1 is 1.12 bits per heavy atom. The maximum Gasteiger partial charge on any atom is 0.421 e. The van der Waals surface area contributed by atoms with E-state index in [9.17, 15) is 31.8 Å². The minimum absolute atomic E-state index is 0.235. The van der Waals surface area contributed by atoms with Gasteiger partial charge in [0.15, 0.2) is 15.4 Å². The van der Waals surface area contributed by atoms with Gasteiger partial charge in [0.25, 0.3) is 0 Å². The SMILES string of the molecule is CC[C@H](O)C#Cc1cc(C(C)(O)C(F)(F)F)ccc1N1CCC(S(=O)(=O)c2ccccc2)CC1. The molecule has 2 aromatic rings. The molecule has 5 nitrogen and oxygen atoms in total. The second-order valence-electron chi connectivity index (χ2n) is 8.54. The largest absolute Gasteiger partial charge is 0.421 e. The Kier molecular flexibility index (Phi) is 7.65. The lowest BCUT2D eigenvalue weighted by Gasteiger charge is -2.34. The van der Waals surface area contributed by atoms with Crippen LogP contribution in [0.15, 0.2) is 53.4 Å². The fraction of sp³-hybridized carbons (Fsp3) is 0.440. The number of piperidine rings is 1. The third-order valence-electron chi connectivity index (χ3n) is 6.16. The van der Waals surface area contributed by atoms with Gasteiger partial charge in [0, 0.05) is 18.7 Å². The van der Waals surface area contributed by atoms with E-state index in [1.165, 1.54) is 18.2 Å². The van der Waals surface area contributed by atoms with E-state index in [0.717, 1.165) is 0 Å². The lowest BCUT2D eigenvalue weighted by Crippen LogP contribution is -2.40. The van der Waals surface area contributed by atoms with E-state index in [2.05, 4.69) is 11.8 Å². The summed E-state index contributed by atoms with van der Waals surface area (Å²) in [6.45, 7) is 3.15. The van der Waals surface area contributed by atoms with Crippen molar-refractivity contribution >= 4 is 15.5 Å². The van der Waals surface area contributed by atoms with Crippen LogP contribution in [0.3, 0.4) is 0 Å². The summed E-state index contributed by atoms with van der Waals surface area (Å²) >= 11 is 0. The van der Waals surface area contributed by atoms with Gasteiger partial charge in [0.1, 0.15) is 6.10 Å². The number of nitrogens with zero attached hydrogens (tertiary/aromatic N) is 1. The molecular weight excluding hydrogens is 467 g/mol. The summed E-state index contributed by atoms with van der Waals surface area (Å²) in [6.07, 6.45) is -4.77. The Balaban J connectivity index is 1.90. The smallest absolute Gasteiger partial charge is 0.380 e. The number of anilines is 1. The summed E-state index contributed by atoms with van der Waals surface area (Å²) in [5.41, 5.74) is -2.66. The third kappa shape index (κ3) is 5.40. The van der Waals surface area contributed by atoms with Crippen LogP contribution in [-0.2, 0) is 15.4 Å². The van der Waals surface area contributed by atoms with Gasteiger partial charge in [-0.2, -0.15) is 13.2 Å². The molecule has 1 fully saturated rings. The number of hydrogen-bond acceptors (Lipinski definition) is 5. The van der Waals surface area contributed by atoms with Crippen molar-refractivity contribution in [3.05, 3.63) is 59.7 Å². The van der Waals surface area contributed by atoms with Gasteiger partial charge in [-0.1, -0.05) is 43.0 Å². The predicted octanol–water partition coefficient (Wildman–Crippen LogP) is 4.02. The van der Waals surface area contributed by atoms with Gasteiger partial charge in [0.05, 0.1) is 15.8 Å². The fourth-order valence-electron chi connectivity index (χ4n) is 3.85. The Morgan fingerprint density at radius 2 is 1.74 bits per heavy atom. The molecule has 9 heteroatoms. The van der Waals surface area contributed by atoms with Crippen LogP contribution in [0.4, 0.5) is 18.9 Å². The molecule has 2 atom stereocenters. The molecular formula is C25H28F3NO4S. The van der Waals surface area contributed by atoms with Crippen molar-refractivity contribution in [1.82, 2.24) is 0 Å². The summed E-state index contributed by atoms with van der Waals surface area (Å²) < 4.78 is 66.0. The topological polar surface area (TPSA) is 77.8 Å². The van der Waals surface area contributed by atoms with Gasteiger partial charge in [-0.15, -0.1) is 0 Å². The zero-order valence-corrected chi connectivity index (χ0v) is 19.8. The maximum absolute atomic E-state index is 13.4. The van der Waals surface area contributed by atoms with E-state index < -0.39 is 33.0 Å². The highest BCUT2D eigenvalue weighted by Crippen LogP contribution is 2.40. The van der Waals surface area contributed by atoms with E-state index in [-0.39, 0.29) is 16.0 Å². The molecule has 34 heavy (non-hydrogen) atoms. The molecule has 0 saturated carbocycles. The molecule has 1 heterocycles. The van der Waals surface area contributed by atoms with Crippen LogP contribution in [0, 0.1) is 11.8 Å². The number of benzene rings is 2. The monoisotopic (exact) mass is 495 g/mol. The third-order valence-corrected chi connectivity index (χ3v) is 8.44. The number of rotatable bonds is 5. The molecule has 0 amide bonds. The van der Waals surface area contributed by atoms with E-state index in [1.54, 1.807) is 37.3 Å². The van der Waals surface area contributed by atoms with E-state index in [4.69, 9.17) is 0 Å². The first-order valence-corrected chi connectivity index (χ1v) is 12.6. The number of sulfone groups is 1. The number of halogens is 3. The second kappa shape index (κ2) is 9.98.